The fourth-order valence-corrected chi connectivity index (χ4v) is 1.04. The van der Waals surface area contributed by atoms with Crippen molar-refractivity contribution in [3.63, 3.8) is 0 Å². The largest absolute Gasteiger partial charge is 0.484 e. The summed E-state index contributed by atoms with van der Waals surface area (Å²) in [6.07, 6.45) is 0. The molecule has 16 heavy (non-hydrogen) atoms. The second kappa shape index (κ2) is 6.07. The van der Waals surface area contributed by atoms with Crippen molar-refractivity contribution >= 4 is 5.91 Å². The van der Waals surface area contributed by atoms with E-state index < -0.39 is 0 Å². The van der Waals surface area contributed by atoms with Gasteiger partial charge in [0.2, 0.25) is 0 Å². The predicted molar refractivity (Wildman–Crippen MR) is 56.6 cm³/mol. The Hall–Kier alpha value is -1.62. The van der Waals surface area contributed by atoms with Crippen molar-refractivity contribution < 1.29 is 19.0 Å². The highest BCUT2D eigenvalue weighted by atomic mass is 19.1. The van der Waals surface area contributed by atoms with Gasteiger partial charge < -0.3 is 15.2 Å². The topological polar surface area (TPSA) is 58.6 Å². The number of nitrogens with one attached hydrogen (secondary N) is 1. The van der Waals surface area contributed by atoms with Crippen molar-refractivity contribution in [3.8, 4) is 5.75 Å². The first-order chi connectivity index (χ1) is 7.61. The number of ether oxygens (including phenoxy) is 1. The third-order valence-electron chi connectivity index (χ3n) is 1.86. The Morgan fingerprint density at radius 3 is 2.69 bits per heavy atom. The van der Waals surface area contributed by atoms with Crippen LogP contribution in [0.4, 0.5) is 4.39 Å². The minimum absolute atomic E-state index is 0.123. The van der Waals surface area contributed by atoms with Gasteiger partial charge in [-0.3, -0.25) is 4.79 Å². The summed E-state index contributed by atoms with van der Waals surface area (Å²) in [5.41, 5.74) is 0. The molecule has 4 nitrogen and oxygen atoms in total. The highest BCUT2D eigenvalue weighted by molar-refractivity contribution is 5.77. The maximum absolute atomic E-state index is 12.5. The minimum atomic E-state index is -0.356. The average molecular weight is 227 g/mol. The standard InChI is InChI=1S/C11H14FNO3/c1-8(6-14)13-11(15)7-16-10-4-2-9(12)3-5-10/h2-5,8,14H,6-7H2,1H3,(H,13,15)/t8-/m0/s1. The third kappa shape index (κ3) is 4.27. The van der Waals surface area contributed by atoms with Gasteiger partial charge in [-0.05, 0) is 31.2 Å². The van der Waals surface area contributed by atoms with Gasteiger partial charge in [-0.2, -0.15) is 0 Å². The molecular weight excluding hydrogens is 213 g/mol. The number of hydrogen-bond donors (Lipinski definition) is 2. The number of carbonyl (C=O) groups excluding carboxylic acids is 1. The zero-order chi connectivity index (χ0) is 12.0. The zero-order valence-corrected chi connectivity index (χ0v) is 8.94. The molecule has 0 heterocycles. The lowest BCUT2D eigenvalue weighted by Crippen LogP contribution is -2.38. The van der Waals surface area contributed by atoms with Crippen LogP contribution in [0.3, 0.4) is 0 Å². The molecule has 0 aliphatic carbocycles. The number of aliphatic hydroxyl groups is 1. The van der Waals surface area contributed by atoms with Crippen LogP contribution in [-0.4, -0.2) is 30.3 Å². The summed E-state index contributed by atoms with van der Waals surface area (Å²) >= 11 is 0. The highest BCUT2D eigenvalue weighted by Gasteiger charge is 2.06. The van der Waals surface area contributed by atoms with Gasteiger partial charge in [0.1, 0.15) is 11.6 Å². The van der Waals surface area contributed by atoms with E-state index in [0.717, 1.165) is 0 Å². The Morgan fingerprint density at radius 2 is 2.12 bits per heavy atom. The number of carbonyl (C=O) groups is 1. The number of hydrogen-bond acceptors (Lipinski definition) is 3. The molecule has 1 aromatic rings. The van der Waals surface area contributed by atoms with Crippen molar-refractivity contribution in [1.82, 2.24) is 5.32 Å². The molecule has 1 atom stereocenters. The Balaban J connectivity index is 2.34. The van der Waals surface area contributed by atoms with E-state index in [1.807, 2.05) is 0 Å². The molecule has 0 saturated carbocycles. The molecule has 1 aromatic carbocycles. The summed E-state index contributed by atoms with van der Waals surface area (Å²) in [5.74, 6) is -0.259. The van der Waals surface area contributed by atoms with Crippen LogP contribution < -0.4 is 10.1 Å². The van der Waals surface area contributed by atoms with E-state index in [2.05, 4.69) is 5.32 Å². The van der Waals surface area contributed by atoms with Crippen LogP contribution in [0.5, 0.6) is 5.75 Å². The van der Waals surface area contributed by atoms with Crippen LogP contribution >= 0.6 is 0 Å². The molecule has 1 amide bonds. The van der Waals surface area contributed by atoms with Gasteiger partial charge in [0.15, 0.2) is 6.61 Å². The van der Waals surface area contributed by atoms with Crippen molar-refractivity contribution in [3.05, 3.63) is 30.1 Å². The quantitative estimate of drug-likeness (QED) is 0.778. The molecule has 0 bridgehead atoms. The molecular formula is C11H14FNO3. The summed E-state index contributed by atoms with van der Waals surface area (Å²) in [4.78, 5) is 11.2. The predicted octanol–water partition coefficient (Wildman–Crippen LogP) is 0.701. The lowest BCUT2D eigenvalue weighted by atomic mass is 10.3. The van der Waals surface area contributed by atoms with Gasteiger partial charge in [0, 0.05) is 6.04 Å². The van der Waals surface area contributed by atoms with E-state index in [9.17, 15) is 9.18 Å². The Labute approximate surface area is 93.0 Å². The summed E-state index contributed by atoms with van der Waals surface area (Å²) in [6.45, 7) is 1.40. The Bertz CT molecular complexity index is 340. The van der Waals surface area contributed by atoms with Crippen LogP contribution in [0.1, 0.15) is 6.92 Å². The lowest BCUT2D eigenvalue weighted by Gasteiger charge is -2.11. The smallest absolute Gasteiger partial charge is 0.258 e. The molecule has 0 saturated heterocycles. The summed E-state index contributed by atoms with van der Waals surface area (Å²) in [5, 5.41) is 11.2. The van der Waals surface area contributed by atoms with Gasteiger partial charge >= 0.3 is 0 Å². The summed E-state index contributed by atoms with van der Waals surface area (Å²) in [7, 11) is 0. The maximum atomic E-state index is 12.5. The van der Waals surface area contributed by atoms with Gasteiger partial charge in [0.25, 0.3) is 5.91 Å². The Morgan fingerprint density at radius 1 is 1.50 bits per heavy atom. The van der Waals surface area contributed by atoms with Gasteiger partial charge in [-0.15, -0.1) is 0 Å². The second-order valence-corrected chi connectivity index (χ2v) is 3.39. The third-order valence-corrected chi connectivity index (χ3v) is 1.86. The molecule has 0 aromatic heterocycles. The average Bonchev–Trinajstić information content (AvgIpc) is 2.28. The summed E-state index contributed by atoms with van der Waals surface area (Å²) < 4.78 is 17.6. The van der Waals surface area contributed by atoms with Gasteiger partial charge in [0.05, 0.1) is 6.61 Å². The van der Waals surface area contributed by atoms with Crippen LogP contribution in [0.15, 0.2) is 24.3 Å². The molecule has 0 radical (unpaired) electrons. The monoisotopic (exact) mass is 227 g/mol. The first-order valence-electron chi connectivity index (χ1n) is 4.90. The van der Waals surface area contributed by atoms with Crippen LogP contribution in [0.2, 0.25) is 0 Å². The van der Waals surface area contributed by atoms with Crippen LogP contribution in [0.25, 0.3) is 0 Å². The molecule has 0 unspecified atom stereocenters. The first kappa shape index (κ1) is 12.4. The number of amides is 1. The molecule has 2 N–H and O–H groups in total. The van der Waals surface area contributed by atoms with E-state index in [4.69, 9.17) is 9.84 Å². The molecule has 1 rings (SSSR count). The zero-order valence-electron chi connectivity index (χ0n) is 8.94. The molecule has 0 spiro atoms. The molecule has 88 valence electrons. The first-order valence-corrected chi connectivity index (χ1v) is 4.90. The number of halogens is 1. The SMILES string of the molecule is C[C@@H](CO)NC(=O)COc1ccc(F)cc1. The highest BCUT2D eigenvalue weighted by Crippen LogP contribution is 2.10. The van der Waals surface area contributed by atoms with Crippen LogP contribution in [0, 0.1) is 5.82 Å². The van der Waals surface area contributed by atoms with E-state index in [1.165, 1.54) is 24.3 Å². The van der Waals surface area contributed by atoms with Gasteiger partial charge in [-0.1, -0.05) is 0 Å². The summed E-state index contributed by atoms with van der Waals surface area (Å²) in [6, 6.07) is 5.09. The van der Waals surface area contributed by atoms with Gasteiger partial charge in [-0.25, -0.2) is 4.39 Å². The van der Waals surface area contributed by atoms with Crippen molar-refractivity contribution in [2.45, 2.75) is 13.0 Å². The van der Waals surface area contributed by atoms with Crippen LogP contribution in [-0.2, 0) is 4.79 Å². The lowest BCUT2D eigenvalue weighted by molar-refractivity contribution is -0.123. The van der Waals surface area contributed by atoms with E-state index in [0.29, 0.717) is 5.75 Å². The van der Waals surface area contributed by atoms with E-state index in [-0.39, 0.29) is 31.0 Å². The maximum Gasteiger partial charge on any atom is 0.258 e. The fraction of sp³-hybridized carbons (Fsp3) is 0.364. The number of benzene rings is 1. The van der Waals surface area contributed by atoms with Crippen molar-refractivity contribution in [1.29, 1.82) is 0 Å². The Kier molecular flexibility index (Phi) is 4.72. The molecule has 0 fully saturated rings. The molecule has 0 aliphatic rings. The molecule has 0 aliphatic heterocycles. The normalized spacial score (nSPS) is 11.9. The van der Waals surface area contributed by atoms with E-state index in [1.54, 1.807) is 6.92 Å². The van der Waals surface area contributed by atoms with Crippen molar-refractivity contribution in [2.75, 3.05) is 13.2 Å². The van der Waals surface area contributed by atoms with Crippen molar-refractivity contribution in [2.24, 2.45) is 0 Å². The number of aliphatic hydroxyl groups excluding tert-OH is 1. The number of rotatable bonds is 5. The minimum Gasteiger partial charge on any atom is -0.484 e. The van der Waals surface area contributed by atoms with E-state index >= 15 is 0 Å². The second-order valence-electron chi connectivity index (χ2n) is 3.39. The fourth-order valence-electron chi connectivity index (χ4n) is 1.04. The molecule has 5 heteroatoms.